The van der Waals surface area contributed by atoms with E-state index in [0.717, 1.165) is 12.0 Å². The van der Waals surface area contributed by atoms with Crippen LogP contribution in [0.2, 0.25) is 0 Å². The summed E-state index contributed by atoms with van der Waals surface area (Å²) in [4.78, 5) is 59.7. The first-order valence-corrected chi connectivity index (χ1v) is 14.4. The van der Waals surface area contributed by atoms with Crippen LogP contribution >= 0.6 is 0 Å². The van der Waals surface area contributed by atoms with Gasteiger partial charge in [-0.3, -0.25) is 19.3 Å². The van der Waals surface area contributed by atoms with Crippen LogP contribution < -0.4 is 5.32 Å². The predicted octanol–water partition coefficient (Wildman–Crippen LogP) is 2.14. The monoisotopic (exact) mass is 564 g/mol. The summed E-state index contributed by atoms with van der Waals surface area (Å²) in [5.74, 6) is -0.0753. The molecule has 1 aliphatic carbocycles. The largest absolute Gasteiger partial charge is 0.444 e. The lowest BCUT2D eigenvalue weighted by Crippen LogP contribution is -2.59. The highest BCUT2D eigenvalue weighted by molar-refractivity contribution is 5.94. The number of nitrogens with zero attached hydrogens (tertiary/aromatic N) is 5. The average molecular weight is 565 g/mol. The second kappa shape index (κ2) is 10.6. The van der Waals surface area contributed by atoms with Gasteiger partial charge in [-0.1, -0.05) is 12.1 Å². The van der Waals surface area contributed by atoms with E-state index in [1.165, 1.54) is 4.90 Å². The average Bonchev–Trinajstić information content (AvgIpc) is 3.23. The molecule has 11 heteroatoms. The zero-order valence-corrected chi connectivity index (χ0v) is 24.7. The number of amides is 4. The standard InChI is InChI=1S/C30H40N6O5/c1-17(18-8-7-9-19(10-18)26(37)33(5)6)35-22-13-25(28(35)39)34(15-22)16-23(32-29(40)41-30(2,3)4)27(38)36-21(14-31)11-20-12-24(20)36/h7-10,17,20-25H,11-13,15-16H2,1-6H3,(H,32,40)/t17-,20-,21+,22-,23+,24+,25-/m1/s1. The summed E-state index contributed by atoms with van der Waals surface area (Å²) in [5, 5.41) is 12.4. The van der Waals surface area contributed by atoms with Gasteiger partial charge in [0.05, 0.1) is 18.2 Å². The van der Waals surface area contributed by atoms with Gasteiger partial charge in [0.1, 0.15) is 17.7 Å². The van der Waals surface area contributed by atoms with Crippen molar-refractivity contribution in [2.24, 2.45) is 5.92 Å². The highest BCUT2D eigenvalue weighted by Crippen LogP contribution is 2.48. The molecule has 1 N–H and O–H groups in total. The van der Waals surface area contributed by atoms with Crippen molar-refractivity contribution >= 4 is 23.8 Å². The number of hydrogen-bond donors (Lipinski definition) is 1. The van der Waals surface area contributed by atoms with Crippen molar-refractivity contribution in [3.63, 3.8) is 0 Å². The zero-order chi connectivity index (χ0) is 29.8. The molecule has 11 nitrogen and oxygen atoms in total. The number of ether oxygens (including phenoxy) is 1. The Kier molecular flexibility index (Phi) is 7.49. The number of nitrogens with one attached hydrogen (secondary N) is 1. The minimum absolute atomic E-state index is 0.0279. The molecule has 4 aliphatic rings. The Hall–Kier alpha value is -3.65. The lowest BCUT2D eigenvalue weighted by atomic mass is 10.0. The quantitative estimate of drug-likeness (QED) is 0.538. The number of alkyl carbamates (subject to hydrolysis) is 1. The third-order valence-corrected chi connectivity index (χ3v) is 8.67. The summed E-state index contributed by atoms with van der Waals surface area (Å²) in [6, 6.07) is 7.53. The molecule has 5 rings (SSSR count). The highest BCUT2D eigenvalue weighted by atomic mass is 16.6. The van der Waals surface area contributed by atoms with Crippen molar-refractivity contribution in [1.82, 2.24) is 24.9 Å². The van der Waals surface area contributed by atoms with E-state index in [1.54, 1.807) is 45.8 Å². The van der Waals surface area contributed by atoms with E-state index < -0.39 is 29.8 Å². The third-order valence-electron chi connectivity index (χ3n) is 8.67. The van der Waals surface area contributed by atoms with Gasteiger partial charge in [0.25, 0.3) is 5.91 Å². The van der Waals surface area contributed by atoms with E-state index in [2.05, 4.69) is 11.4 Å². The second-order valence-electron chi connectivity index (χ2n) is 13.0. The minimum Gasteiger partial charge on any atom is -0.444 e. The number of carbonyl (C=O) groups excluding carboxylic acids is 4. The lowest BCUT2D eigenvalue weighted by Gasteiger charge is -2.39. The number of piperidine rings is 1. The number of likely N-dealkylation sites (tertiary alicyclic amines) is 3. The van der Waals surface area contributed by atoms with Crippen molar-refractivity contribution in [2.45, 2.75) is 88.8 Å². The highest BCUT2D eigenvalue weighted by Gasteiger charge is 2.56. The van der Waals surface area contributed by atoms with Crippen LogP contribution in [0.25, 0.3) is 0 Å². The summed E-state index contributed by atoms with van der Waals surface area (Å²) in [5.41, 5.74) is 0.721. The molecule has 0 aromatic heterocycles. The molecule has 0 radical (unpaired) electrons. The normalized spacial score (nSPS) is 28.1. The van der Waals surface area contributed by atoms with E-state index in [4.69, 9.17) is 4.74 Å². The first-order valence-electron chi connectivity index (χ1n) is 14.4. The van der Waals surface area contributed by atoms with Crippen LogP contribution in [-0.4, -0.2) is 106 Å². The van der Waals surface area contributed by atoms with Crippen molar-refractivity contribution in [3.8, 4) is 6.07 Å². The first kappa shape index (κ1) is 28.9. The number of nitriles is 1. The minimum atomic E-state index is -0.938. The Labute approximate surface area is 241 Å². The van der Waals surface area contributed by atoms with Crippen LogP contribution in [0, 0.1) is 17.2 Å². The second-order valence-corrected chi connectivity index (χ2v) is 13.0. The molecule has 2 bridgehead atoms. The van der Waals surface area contributed by atoms with Gasteiger partial charge >= 0.3 is 6.09 Å². The molecule has 3 heterocycles. The van der Waals surface area contributed by atoms with E-state index in [-0.39, 0.29) is 42.4 Å². The number of fused-ring (bicyclic) bond motifs is 3. The Morgan fingerprint density at radius 2 is 1.93 bits per heavy atom. The van der Waals surface area contributed by atoms with Gasteiger partial charge in [-0.05, 0) is 70.6 Å². The summed E-state index contributed by atoms with van der Waals surface area (Å²) in [6.07, 6.45) is 1.47. The lowest BCUT2D eigenvalue weighted by molar-refractivity contribution is -0.141. The zero-order valence-electron chi connectivity index (χ0n) is 24.7. The number of hydrogen-bond acceptors (Lipinski definition) is 7. The van der Waals surface area contributed by atoms with Gasteiger partial charge in [0.15, 0.2) is 0 Å². The maximum Gasteiger partial charge on any atom is 0.408 e. The van der Waals surface area contributed by atoms with Gasteiger partial charge in [-0.2, -0.15) is 5.26 Å². The SMILES string of the molecule is C[C@H](c1cccc(C(=O)N(C)C)c1)N1C(=O)[C@H]2C[C@@H]1CN2C[C@H](NC(=O)OC(C)(C)C)C(=O)N1[C@H](C#N)C[C@@H]2C[C@@H]21. The number of rotatable bonds is 7. The maximum absolute atomic E-state index is 13.8. The molecule has 41 heavy (non-hydrogen) atoms. The molecular formula is C30H40N6O5. The first-order chi connectivity index (χ1) is 19.3. The van der Waals surface area contributed by atoms with E-state index in [1.807, 2.05) is 34.9 Å². The summed E-state index contributed by atoms with van der Waals surface area (Å²) >= 11 is 0. The molecule has 3 saturated heterocycles. The molecule has 1 saturated carbocycles. The van der Waals surface area contributed by atoms with Crippen LogP contribution in [0.3, 0.4) is 0 Å². The van der Waals surface area contributed by atoms with Gasteiger partial charge in [-0.25, -0.2) is 4.79 Å². The topological polar surface area (TPSA) is 126 Å². The summed E-state index contributed by atoms with van der Waals surface area (Å²) in [7, 11) is 3.41. The number of benzene rings is 1. The molecule has 7 atom stereocenters. The molecule has 0 spiro atoms. The Morgan fingerprint density at radius 1 is 1.20 bits per heavy atom. The fraction of sp³-hybridized carbons (Fsp3) is 0.633. The van der Waals surface area contributed by atoms with Crippen molar-refractivity contribution in [3.05, 3.63) is 35.4 Å². The van der Waals surface area contributed by atoms with Crippen molar-refractivity contribution in [1.29, 1.82) is 5.26 Å². The molecule has 4 fully saturated rings. The molecule has 3 aliphatic heterocycles. The predicted molar refractivity (Wildman–Crippen MR) is 149 cm³/mol. The van der Waals surface area contributed by atoms with Gasteiger partial charge < -0.3 is 24.8 Å². The van der Waals surface area contributed by atoms with E-state index in [0.29, 0.717) is 30.9 Å². The smallest absolute Gasteiger partial charge is 0.408 e. The van der Waals surface area contributed by atoms with Crippen LogP contribution in [0.4, 0.5) is 4.79 Å². The molecule has 220 valence electrons. The van der Waals surface area contributed by atoms with Crippen LogP contribution in [0.15, 0.2) is 24.3 Å². The summed E-state index contributed by atoms with van der Waals surface area (Å²) in [6.45, 7) is 7.95. The molecule has 0 unspecified atom stereocenters. The van der Waals surface area contributed by atoms with E-state index in [9.17, 15) is 24.4 Å². The molecular weight excluding hydrogens is 524 g/mol. The molecule has 1 aromatic rings. The Bertz CT molecular complexity index is 1280. The molecule has 1 aromatic carbocycles. The Morgan fingerprint density at radius 3 is 2.56 bits per heavy atom. The van der Waals surface area contributed by atoms with E-state index >= 15 is 0 Å². The number of piperazine rings is 1. The van der Waals surface area contributed by atoms with Gasteiger partial charge in [-0.15, -0.1) is 0 Å². The van der Waals surface area contributed by atoms with Crippen molar-refractivity contribution in [2.75, 3.05) is 27.2 Å². The third kappa shape index (κ3) is 5.62. The van der Waals surface area contributed by atoms with Crippen molar-refractivity contribution < 1.29 is 23.9 Å². The molecule has 4 amide bonds. The van der Waals surface area contributed by atoms with Crippen LogP contribution in [-0.2, 0) is 14.3 Å². The van der Waals surface area contributed by atoms with Gasteiger partial charge in [0.2, 0.25) is 11.8 Å². The fourth-order valence-corrected chi connectivity index (χ4v) is 6.69. The van der Waals surface area contributed by atoms with Gasteiger partial charge in [0, 0.05) is 44.8 Å². The fourth-order valence-electron chi connectivity index (χ4n) is 6.69. The van der Waals surface area contributed by atoms with Crippen LogP contribution in [0.1, 0.15) is 68.9 Å². The Balaban J connectivity index is 1.30. The van der Waals surface area contributed by atoms with Crippen LogP contribution in [0.5, 0.6) is 0 Å². The maximum atomic E-state index is 13.8. The number of carbonyl (C=O) groups is 4. The summed E-state index contributed by atoms with van der Waals surface area (Å²) < 4.78 is 5.45.